The molecule has 1 heterocycles. The third-order valence-corrected chi connectivity index (χ3v) is 4.19. The Balaban J connectivity index is 1.75. The van der Waals surface area contributed by atoms with Crippen molar-refractivity contribution in [1.29, 1.82) is 0 Å². The van der Waals surface area contributed by atoms with Gasteiger partial charge in [0.25, 0.3) is 0 Å². The lowest BCUT2D eigenvalue weighted by atomic mass is 9.77. The quantitative estimate of drug-likeness (QED) is 0.795. The number of likely N-dealkylation sites (tertiary alicyclic amines) is 1. The lowest BCUT2D eigenvalue weighted by Gasteiger charge is -2.50. The van der Waals surface area contributed by atoms with Gasteiger partial charge >= 0.3 is 0 Å². The van der Waals surface area contributed by atoms with Crippen molar-refractivity contribution < 1.29 is 5.11 Å². The van der Waals surface area contributed by atoms with Crippen LogP contribution in [0.3, 0.4) is 0 Å². The molecule has 1 atom stereocenters. The van der Waals surface area contributed by atoms with Crippen molar-refractivity contribution in [2.45, 2.75) is 58.5 Å². The minimum absolute atomic E-state index is 0.492. The Morgan fingerprint density at radius 1 is 1.25 bits per heavy atom. The Bertz CT molecular complexity index is 233. The molecule has 1 spiro atoms. The summed E-state index contributed by atoms with van der Waals surface area (Å²) in [6, 6.07) is 0. The summed E-state index contributed by atoms with van der Waals surface area (Å²) in [5.74, 6) is 0.580. The molecular formula is C14H27NO. The van der Waals surface area contributed by atoms with E-state index >= 15 is 0 Å². The largest absolute Gasteiger partial charge is 0.389 e. The number of nitrogens with zero attached hydrogens (tertiary/aromatic N) is 1. The molecule has 1 saturated heterocycles. The molecule has 0 bridgehead atoms. The third-order valence-electron chi connectivity index (χ3n) is 4.19. The fraction of sp³-hybridized carbons (Fsp3) is 1.00. The lowest BCUT2D eigenvalue weighted by Crippen LogP contribution is -2.58. The number of hydrogen-bond donors (Lipinski definition) is 1. The van der Waals surface area contributed by atoms with Gasteiger partial charge < -0.3 is 5.11 Å². The molecule has 0 aromatic heterocycles. The van der Waals surface area contributed by atoms with Crippen LogP contribution < -0.4 is 0 Å². The van der Waals surface area contributed by atoms with E-state index in [4.69, 9.17) is 0 Å². The maximum absolute atomic E-state index is 10.3. The fourth-order valence-corrected chi connectivity index (χ4v) is 3.88. The van der Waals surface area contributed by atoms with E-state index < -0.39 is 5.60 Å². The second-order valence-corrected chi connectivity index (χ2v) is 6.95. The summed E-state index contributed by atoms with van der Waals surface area (Å²) >= 11 is 0. The summed E-state index contributed by atoms with van der Waals surface area (Å²) in [7, 11) is 0. The lowest BCUT2D eigenvalue weighted by molar-refractivity contribution is -0.0652. The van der Waals surface area contributed by atoms with E-state index in [0.29, 0.717) is 11.3 Å². The van der Waals surface area contributed by atoms with Gasteiger partial charge in [-0.25, -0.2) is 0 Å². The number of aliphatic hydroxyl groups is 1. The average molecular weight is 225 g/mol. The van der Waals surface area contributed by atoms with E-state index in [2.05, 4.69) is 18.7 Å². The van der Waals surface area contributed by atoms with Crippen molar-refractivity contribution in [3.63, 3.8) is 0 Å². The molecule has 1 unspecified atom stereocenters. The van der Waals surface area contributed by atoms with Crippen LogP contribution in [0.15, 0.2) is 0 Å². The highest BCUT2D eigenvalue weighted by Crippen LogP contribution is 2.45. The first-order chi connectivity index (χ1) is 7.41. The Morgan fingerprint density at radius 2 is 1.81 bits per heavy atom. The topological polar surface area (TPSA) is 23.5 Å². The standard InChI is InChI=1S/C14H27NO/c1-12(2)8-13(3,16)9-15-10-14(11-15)6-4-5-7-14/h12,16H,4-11H2,1-3H3. The maximum atomic E-state index is 10.3. The monoisotopic (exact) mass is 225 g/mol. The molecule has 2 heteroatoms. The van der Waals surface area contributed by atoms with Crippen LogP contribution in [-0.4, -0.2) is 35.2 Å². The molecule has 1 N–H and O–H groups in total. The molecule has 0 aromatic carbocycles. The molecule has 1 saturated carbocycles. The number of β-amino-alcohol motifs (C(OH)–C–C–N with tert-alkyl or cyclic N) is 1. The molecule has 0 aromatic rings. The van der Waals surface area contributed by atoms with E-state index in [1.807, 2.05) is 6.92 Å². The van der Waals surface area contributed by atoms with Gasteiger partial charge in [-0.2, -0.15) is 0 Å². The molecule has 0 amide bonds. The molecular weight excluding hydrogens is 198 g/mol. The minimum Gasteiger partial charge on any atom is -0.389 e. The molecule has 2 nitrogen and oxygen atoms in total. The van der Waals surface area contributed by atoms with Gasteiger partial charge in [-0.15, -0.1) is 0 Å². The maximum Gasteiger partial charge on any atom is 0.0748 e. The Kier molecular flexibility index (Phi) is 3.33. The first-order valence-corrected chi connectivity index (χ1v) is 6.86. The Hall–Kier alpha value is -0.0800. The molecule has 16 heavy (non-hydrogen) atoms. The van der Waals surface area contributed by atoms with Gasteiger partial charge in [0.2, 0.25) is 0 Å². The molecule has 2 aliphatic rings. The van der Waals surface area contributed by atoms with Crippen LogP contribution >= 0.6 is 0 Å². The first-order valence-electron chi connectivity index (χ1n) is 6.86. The average Bonchev–Trinajstić information content (AvgIpc) is 2.48. The van der Waals surface area contributed by atoms with Crippen molar-refractivity contribution in [1.82, 2.24) is 4.90 Å². The van der Waals surface area contributed by atoms with Crippen molar-refractivity contribution in [2.75, 3.05) is 19.6 Å². The van der Waals surface area contributed by atoms with Crippen LogP contribution in [0.1, 0.15) is 52.9 Å². The SMILES string of the molecule is CC(C)CC(C)(O)CN1CC2(CCCC2)C1. The summed E-state index contributed by atoms with van der Waals surface area (Å²) in [5.41, 5.74) is 0.169. The van der Waals surface area contributed by atoms with Crippen molar-refractivity contribution in [2.24, 2.45) is 11.3 Å². The van der Waals surface area contributed by atoms with Crippen molar-refractivity contribution in [3.8, 4) is 0 Å². The molecule has 94 valence electrons. The fourth-order valence-electron chi connectivity index (χ4n) is 3.88. The van der Waals surface area contributed by atoms with Gasteiger partial charge in [0.15, 0.2) is 0 Å². The zero-order chi connectivity index (χ0) is 11.8. The molecule has 1 aliphatic heterocycles. The predicted molar refractivity (Wildman–Crippen MR) is 67.4 cm³/mol. The molecule has 1 aliphatic carbocycles. The van der Waals surface area contributed by atoms with Crippen LogP contribution in [0.5, 0.6) is 0 Å². The predicted octanol–water partition coefficient (Wildman–Crippen LogP) is 2.66. The molecule has 0 radical (unpaired) electrons. The van der Waals surface area contributed by atoms with Crippen LogP contribution in [0.2, 0.25) is 0 Å². The molecule has 2 fully saturated rings. The van der Waals surface area contributed by atoms with Gasteiger partial charge in [0, 0.05) is 19.6 Å². The second kappa shape index (κ2) is 4.30. The van der Waals surface area contributed by atoms with Crippen LogP contribution in [0.4, 0.5) is 0 Å². The third kappa shape index (κ3) is 2.78. The summed E-state index contributed by atoms with van der Waals surface area (Å²) in [5, 5.41) is 10.3. The summed E-state index contributed by atoms with van der Waals surface area (Å²) < 4.78 is 0. The van der Waals surface area contributed by atoms with E-state index in [1.165, 1.54) is 38.8 Å². The van der Waals surface area contributed by atoms with E-state index in [9.17, 15) is 5.11 Å². The van der Waals surface area contributed by atoms with Gasteiger partial charge in [0.05, 0.1) is 5.60 Å². The Morgan fingerprint density at radius 3 is 2.31 bits per heavy atom. The highest BCUT2D eigenvalue weighted by atomic mass is 16.3. The van der Waals surface area contributed by atoms with E-state index in [0.717, 1.165) is 13.0 Å². The zero-order valence-corrected chi connectivity index (χ0v) is 11.1. The normalized spacial score (nSPS) is 28.3. The van der Waals surface area contributed by atoms with Gasteiger partial charge in [-0.05, 0) is 37.5 Å². The summed E-state index contributed by atoms with van der Waals surface area (Å²) in [6.07, 6.45) is 6.62. The zero-order valence-electron chi connectivity index (χ0n) is 11.1. The van der Waals surface area contributed by atoms with Crippen molar-refractivity contribution >= 4 is 0 Å². The second-order valence-electron chi connectivity index (χ2n) is 6.95. The first kappa shape index (κ1) is 12.4. The highest BCUT2D eigenvalue weighted by molar-refractivity contribution is 4.99. The smallest absolute Gasteiger partial charge is 0.0748 e. The summed E-state index contributed by atoms with van der Waals surface area (Å²) in [6.45, 7) is 9.70. The van der Waals surface area contributed by atoms with Crippen molar-refractivity contribution in [3.05, 3.63) is 0 Å². The number of rotatable bonds is 4. The van der Waals surface area contributed by atoms with Gasteiger partial charge in [0.1, 0.15) is 0 Å². The van der Waals surface area contributed by atoms with Crippen LogP contribution in [0.25, 0.3) is 0 Å². The molecule has 2 rings (SSSR count). The van der Waals surface area contributed by atoms with Crippen LogP contribution in [0, 0.1) is 11.3 Å². The number of hydrogen-bond acceptors (Lipinski definition) is 2. The van der Waals surface area contributed by atoms with E-state index in [1.54, 1.807) is 0 Å². The Labute approximate surface area is 100 Å². The van der Waals surface area contributed by atoms with Gasteiger partial charge in [-0.3, -0.25) is 4.90 Å². The minimum atomic E-state index is -0.492. The highest BCUT2D eigenvalue weighted by Gasteiger charge is 2.45. The van der Waals surface area contributed by atoms with Gasteiger partial charge in [-0.1, -0.05) is 26.7 Å². The van der Waals surface area contributed by atoms with Crippen LogP contribution in [-0.2, 0) is 0 Å². The summed E-state index contributed by atoms with van der Waals surface area (Å²) in [4.78, 5) is 2.45. The van der Waals surface area contributed by atoms with E-state index in [-0.39, 0.29) is 0 Å².